The Morgan fingerprint density at radius 1 is 1.12 bits per heavy atom. The Kier molecular flexibility index (Phi) is 7.80. The minimum atomic E-state index is -0.771. The van der Waals surface area contributed by atoms with Gasteiger partial charge in [0.1, 0.15) is 28.8 Å². The Labute approximate surface area is 230 Å². The number of aliphatic hydroxyl groups excluding tert-OH is 1. The molecular formula is C30H33F2N5O3. The zero-order valence-electron chi connectivity index (χ0n) is 22.9. The van der Waals surface area contributed by atoms with Gasteiger partial charge in [-0.05, 0) is 62.6 Å². The highest BCUT2D eigenvalue weighted by Crippen LogP contribution is 2.35. The predicted octanol–water partition coefficient (Wildman–Crippen LogP) is 4.84. The lowest BCUT2D eigenvalue weighted by atomic mass is 9.98. The third-order valence-electron chi connectivity index (χ3n) is 7.58. The Morgan fingerprint density at radius 2 is 1.93 bits per heavy atom. The second kappa shape index (κ2) is 11.3. The zero-order valence-corrected chi connectivity index (χ0v) is 22.9. The summed E-state index contributed by atoms with van der Waals surface area (Å²) in [4.78, 5) is 41.0. The topological polar surface area (TPSA) is 104 Å². The SMILES string of the molecule is CC(C)c1[nH]ccc(=O)c1-n1c(=O)nc(N2CCCC[C@@H]2C)c2cc(F)c(-c3c(F)cccc3CCCO)nc21. The van der Waals surface area contributed by atoms with Gasteiger partial charge in [-0.1, -0.05) is 26.0 Å². The van der Waals surface area contributed by atoms with Gasteiger partial charge in [0.15, 0.2) is 5.65 Å². The highest BCUT2D eigenvalue weighted by Gasteiger charge is 2.28. The third kappa shape index (κ3) is 4.92. The van der Waals surface area contributed by atoms with Gasteiger partial charge in [-0.2, -0.15) is 4.98 Å². The molecule has 0 bridgehead atoms. The van der Waals surface area contributed by atoms with E-state index in [1.165, 1.54) is 30.5 Å². The number of fused-ring (bicyclic) bond motifs is 1. The summed E-state index contributed by atoms with van der Waals surface area (Å²) >= 11 is 0. The molecule has 10 heteroatoms. The van der Waals surface area contributed by atoms with Crippen molar-refractivity contribution in [1.82, 2.24) is 19.5 Å². The van der Waals surface area contributed by atoms with Crippen LogP contribution >= 0.6 is 0 Å². The fraction of sp³-hybridized carbons (Fsp3) is 0.400. The van der Waals surface area contributed by atoms with Crippen LogP contribution in [0.1, 0.15) is 63.6 Å². The highest BCUT2D eigenvalue weighted by molar-refractivity contribution is 5.90. The molecule has 0 unspecified atom stereocenters. The lowest BCUT2D eigenvalue weighted by molar-refractivity contribution is 0.288. The van der Waals surface area contributed by atoms with Crippen molar-refractivity contribution in [3.05, 3.63) is 80.1 Å². The minimum Gasteiger partial charge on any atom is -0.396 e. The second-order valence-corrected chi connectivity index (χ2v) is 10.6. The molecular weight excluding hydrogens is 516 g/mol. The van der Waals surface area contributed by atoms with Crippen LogP contribution in [0.5, 0.6) is 0 Å². The third-order valence-corrected chi connectivity index (χ3v) is 7.58. The number of anilines is 1. The fourth-order valence-electron chi connectivity index (χ4n) is 5.58. The predicted molar refractivity (Wildman–Crippen MR) is 151 cm³/mol. The lowest BCUT2D eigenvalue weighted by Crippen LogP contribution is -2.40. The van der Waals surface area contributed by atoms with Gasteiger partial charge < -0.3 is 15.0 Å². The van der Waals surface area contributed by atoms with E-state index in [1.807, 2.05) is 25.7 Å². The van der Waals surface area contributed by atoms with E-state index < -0.39 is 22.8 Å². The first-order valence-electron chi connectivity index (χ1n) is 13.7. The van der Waals surface area contributed by atoms with Crippen molar-refractivity contribution in [1.29, 1.82) is 0 Å². The van der Waals surface area contributed by atoms with Crippen LogP contribution in [0, 0.1) is 11.6 Å². The standard InChI is InChI=1S/C30H33F2N5O3/c1-17(2)25-27(23(39)12-13-33-25)37-29-20(28(35-30(37)40)36-14-5-4-8-18(36)3)16-22(32)26(34-29)24-19(10-7-15-38)9-6-11-21(24)31/h6,9,11-13,16-18,38H,4-5,7-8,10,14-15H2,1-3H3,(H,33,39)/t18-/m0/s1. The number of aliphatic hydroxyl groups is 1. The first kappa shape index (κ1) is 27.6. The summed E-state index contributed by atoms with van der Waals surface area (Å²) in [6, 6.07) is 7.03. The number of aromatic amines is 1. The molecule has 1 aromatic carbocycles. The maximum atomic E-state index is 16.0. The van der Waals surface area contributed by atoms with Crippen LogP contribution < -0.4 is 16.0 Å². The van der Waals surface area contributed by atoms with Gasteiger partial charge in [0.25, 0.3) is 0 Å². The molecule has 5 rings (SSSR count). The smallest absolute Gasteiger partial charge is 0.356 e. The van der Waals surface area contributed by atoms with Gasteiger partial charge in [-0.3, -0.25) is 4.79 Å². The summed E-state index contributed by atoms with van der Waals surface area (Å²) < 4.78 is 32.4. The van der Waals surface area contributed by atoms with Crippen molar-refractivity contribution < 1.29 is 13.9 Å². The number of hydrogen-bond donors (Lipinski definition) is 2. The van der Waals surface area contributed by atoms with E-state index in [0.717, 1.165) is 23.8 Å². The van der Waals surface area contributed by atoms with E-state index in [-0.39, 0.29) is 46.5 Å². The largest absolute Gasteiger partial charge is 0.396 e. The van der Waals surface area contributed by atoms with E-state index >= 15 is 8.78 Å². The van der Waals surface area contributed by atoms with Gasteiger partial charge in [-0.25, -0.2) is 23.1 Å². The molecule has 0 radical (unpaired) electrons. The Bertz CT molecular complexity index is 1680. The number of nitrogens with zero attached hydrogens (tertiary/aromatic N) is 4. The number of aromatic nitrogens is 4. The summed E-state index contributed by atoms with van der Waals surface area (Å²) in [5, 5.41) is 9.62. The molecule has 1 aliphatic heterocycles. The van der Waals surface area contributed by atoms with Gasteiger partial charge in [0.2, 0.25) is 5.43 Å². The Hall–Kier alpha value is -3.92. The summed E-state index contributed by atoms with van der Waals surface area (Å²) in [6.07, 6.45) is 4.98. The van der Waals surface area contributed by atoms with Crippen molar-refractivity contribution >= 4 is 16.9 Å². The van der Waals surface area contributed by atoms with Gasteiger partial charge in [0, 0.05) is 42.7 Å². The molecule has 4 aromatic rings. The molecule has 2 N–H and O–H groups in total. The maximum absolute atomic E-state index is 16.0. The molecule has 0 aliphatic carbocycles. The van der Waals surface area contributed by atoms with E-state index in [2.05, 4.69) is 15.0 Å². The lowest BCUT2D eigenvalue weighted by Gasteiger charge is -2.35. The number of hydrogen-bond acceptors (Lipinski definition) is 6. The van der Waals surface area contributed by atoms with Crippen molar-refractivity contribution in [2.45, 2.75) is 64.8 Å². The number of nitrogens with one attached hydrogen (secondary N) is 1. The van der Waals surface area contributed by atoms with Crippen LogP contribution in [-0.4, -0.2) is 43.8 Å². The molecule has 1 atom stereocenters. The molecule has 0 spiro atoms. The monoisotopic (exact) mass is 549 g/mol. The quantitative estimate of drug-likeness (QED) is 0.342. The van der Waals surface area contributed by atoms with Crippen molar-refractivity contribution in [3.63, 3.8) is 0 Å². The fourth-order valence-corrected chi connectivity index (χ4v) is 5.58. The van der Waals surface area contributed by atoms with Gasteiger partial charge >= 0.3 is 5.69 Å². The van der Waals surface area contributed by atoms with Crippen LogP contribution in [0.25, 0.3) is 28.0 Å². The van der Waals surface area contributed by atoms with E-state index in [4.69, 9.17) is 0 Å². The molecule has 3 aromatic heterocycles. The number of benzene rings is 1. The summed E-state index contributed by atoms with van der Waals surface area (Å²) in [6.45, 7) is 6.32. The second-order valence-electron chi connectivity index (χ2n) is 10.6. The minimum absolute atomic E-state index is 0.0270. The van der Waals surface area contributed by atoms with Crippen molar-refractivity contribution in [2.24, 2.45) is 0 Å². The van der Waals surface area contributed by atoms with E-state index in [0.29, 0.717) is 36.5 Å². The first-order chi connectivity index (χ1) is 19.2. The number of rotatable bonds is 7. The molecule has 8 nitrogen and oxygen atoms in total. The molecule has 1 aliphatic rings. The maximum Gasteiger partial charge on any atom is 0.356 e. The average molecular weight is 550 g/mol. The molecule has 4 heterocycles. The van der Waals surface area contributed by atoms with E-state index in [9.17, 15) is 14.7 Å². The molecule has 210 valence electrons. The van der Waals surface area contributed by atoms with Gasteiger partial charge in [0.05, 0.1) is 5.39 Å². The van der Waals surface area contributed by atoms with Crippen LogP contribution in [0.2, 0.25) is 0 Å². The molecule has 1 fully saturated rings. The van der Waals surface area contributed by atoms with Crippen LogP contribution in [0.4, 0.5) is 14.6 Å². The summed E-state index contributed by atoms with van der Waals surface area (Å²) in [5.74, 6) is -1.31. The Morgan fingerprint density at radius 3 is 2.65 bits per heavy atom. The number of aryl methyl sites for hydroxylation is 1. The summed E-state index contributed by atoms with van der Waals surface area (Å²) in [5.41, 5.74) is -0.394. The number of pyridine rings is 2. The number of halogens is 2. The molecule has 1 saturated heterocycles. The highest BCUT2D eigenvalue weighted by atomic mass is 19.1. The van der Waals surface area contributed by atoms with E-state index in [1.54, 1.807) is 6.07 Å². The molecule has 0 amide bonds. The van der Waals surface area contributed by atoms with Crippen LogP contribution in [0.3, 0.4) is 0 Å². The number of piperidine rings is 1. The first-order valence-corrected chi connectivity index (χ1v) is 13.7. The zero-order chi connectivity index (χ0) is 28.6. The number of H-pyrrole nitrogens is 1. The summed E-state index contributed by atoms with van der Waals surface area (Å²) in [7, 11) is 0. The average Bonchev–Trinajstić information content (AvgIpc) is 2.92. The van der Waals surface area contributed by atoms with Crippen LogP contribution in [0.15, 0.2) is 46.1 Å². The van der Waals surface area contributed by atoms with Crippen LogP contribution in [-0.2, 0) is 6.42 Å². The normalized spacial score (nSPS) is 15.8. The Balaban J connectivity index is 1.90. The van der Waals surface area contributed by atoms with Crippen molar-refractivity contribution in [2.75, 3.05) is 18.1 Å². The molecule has 40 heavy (non-hydrogen) atoms. The van der Waals surface area contributed by atoms with Crippen molar-refractivity contribution in [3.8, 4) is 16.9 Å². The van der Waals surface area contributed by atoms with Gasteiger partial charge in [-0.15, -0.1) is 0 Å². The molecule has 0 saturated carbocycles.